The first-order valence-corrected chi connectivity index (χ1v) is 7.26. The number of anilines is 1. The maximum Gasteiger partial charge on any atom is 0.409 e. The number of ether oxygens (including phenoxy) is 2. The van der Waals surface area contributed by atoms with Crippen molar-refractivity contribution in [1.29, 1.82) is 0 Å². The molecule has 24 heavy (non-hydrogen) atoms. The van der Waals surface area contributed by atoms with E-state index in [0.717, 1.165) is 0 Å². The zero-order valence-corrected chi connectivity index (χ0v) is 14.1. The largest absolute Gasteiger partial charge is 0.478 e. The van der Waals surface area contributed by atoms with Gasteiger partial charge < -0.3 is 19.9 Å². The quantitative estimate of drug-likeness (QED) is 0.685. The maximum atomic E-state index is 12.0. The molecule has 0 radical (unpaired) electrons. The SMILES string of the molecule is CO[C@@H](CC(=O)Nc1ccc(C(=O)O)cc1)NC(=O)OC(C)(C)C. The van der Waals surface area contributed by atoms with Crippen molar-refractivity contribution in [3.05, 3.63) is 29.8 Å². The lowest BCUT2D eigenvalue weighted by Gasteiger charge is -2.22. The van der Waals surface area contributed by atoms with Crippen LogP contribution in [0.2, 0.25) is 0 Å². The molecule has 0 aliphatic carbocycles. The van der Waals surface area contributed by atoms with Crippen molar-refractivity contribution in [2.75, 3.05) is 12.4 Å². The topological polar surface area (TPSA) is 114 Å². The second-order valence-corrected chi connectivity index (χ2v) is 6.01. The van der Waals surface area contributed by atoms with Gasteiger partial charge in [-0.25, -0.2) is 9.59 Å². The Balaban J connectivity index is 2.55. The molecular weight excluding hydrogens is 316 g/mol. The number of carbonyl (C=O) groups is 3. The smallest absolute Gasteiger partial charge is 0.409 e. The summed E-state index contributed by atoms with van der Waals surface area (Å²) >= 11 is 0. The Morgan fingerprint density at radius 2 is 1.75 bits per heavy atom. The summed E-state index contributed by atoms with van der Waals surface area (Å²) in [6.45, 7) is 5.17. The van der Waals surface area contributed by atoms with Gasteiger partial charge in [0, 0.05) is 12.8 Å². The van der Waals surface area contributed by atoms with Crippen molar-refractivity contribution in [3.8, 4) is 0 Å². The molecule has 1 aromatic carbocycles. The Hall–Kier alpha value is -2.61. The van der Waals surface area contributed by atoms with E-state index in [1.54, 1.807) is 20.8 Å². The second-order valence-electron chi connectivity index (χ2n) is 6.01. The van der Waals surface area contributed by atoms with E-state index in [0.29, 0.717) is 5.69 Å². The van der Waals surface area contributed by atoms with Gasteiger partial charge in [0.05, 0.1) is 12.0 Å². The van der Waals surface area contributed by atoms with Crippen LogP contribution >= 0.6 is 0 Å². The van der Waals surface area contributed by atoms with Crippen LogP contribution in [-0.4, -0.2) is 42.0 Å². The number of carbonyl (C=O) groups excluding carboxylic acids is 2. The number of aromatic carboxylic acids is 1. The summed E-state index contributed by atoms with van der Waals surface area (Å²) in [5.74, 6) is -1.45. The fourth-order valence-electron chi connectivity index (χ4n) is 1.71. The lowest BCUT2D eigenvalue weighted by molar-refractivity contribution is -0.118. The van der Waals surface area contributed by atoms with Crippen molar-refractivity contribution >= 4 is 23.7 Å². The fourth-order valence-corrected chi connectivity index (χ4v) is 1.71. The molecule has 0 saturated carbocycles. The van der Waals surface area contributed by atoms with E-state index < -0.39 is 29.8 Å². The number of methoxy groups -OCH3 is 1. The Labute approximate surface area is 140 Å². The first kappa shape index (κ1) is 19.4. The number of amides is 2. The zero-order chi connectivity index (χ0) is 18.3. The van der Waals surface area contributed by atoms with Crippen LogP contribution in [0.5, 0.6) is 0 Å². The molecule has 2 amide bonds. The highest BCUT2D eigenvalue weighted by atomic mass is 16.6. The molecule has 1 rings (SSSR count). The minimum atomic E-state index is -1.05. The summed E-state index contributed by atoms with van der Waals surface area (Å²) in [4.78, 5) is 34.4. The van der Waals surface area contributed by atoms with Gasteiger partial charge in [-0.15, -0.1) is 0 Å². The third-order valence-corrected chi connectivity index (χ3v) is 2.75. The van der Waals surface area contributed by atoms with Crippen molar-refractivity contribution in [3.63, 3.8) is 0 Å². The molecule has 3 N–H and O–H groups in total. The highest BCUT2D eigenvalue weighted by molar-refractivity contribution is 5.92. The van der Waals surface area contributed by atoms with Crippen molar-refractivity contribution in [1.82, 2.24) is 5.32 Å². The molecule has 1 atom stereocenters. The van der Waals surface area contributed by atoms with E-state index in [2.05, 4.69) is 10.6 Å². The fraction of sp³-hybridized carbons (Fsp3) is 0.438. The number of carboxylic acids is 1. The van der Waals surface area contributed by atoms with Gasteiger partial charge in [0.1, 0.15) is 11.8 Å². The Morgan fingerprint density at radius 1 is 1.17 bits per heavy atom. The molecule has 0 saturated heterocycles. The molecule has 0 unspecified atom stereocenters. The average Bonchev–Trinajstić information content (AvgIpc) is 2.44. The maximum absolute atomic E-state index is 12.0. The average molecular weight is 338 g/mol. The van der Waals surface area contributed by atoms with E-state index in [-0.39, 0.29) is 12.0 Å². The van der Waals surface area contributed by atoms with Gasteiger partial charge in [0.15, 0.2) is 0 Å². The number of hydrogen-bond donors (Lipinski definition) is 3. The molecule has 0 spiro atoms. The minimum absolute atomic E-state index is 0.120. The van der Waals surface area contributed by atoms with Crippen LogP contribution in [0.4, 0.5) is 10.5 Å². The third kappa shape index (κ3) is 7.10. The van der Waals surface area contributed by atoms with Gasteiger partial charge in [-0.2, -0.15) is 0 Å². The van der Waals surface area contributed by atoms with Gasteiger partial charge in [0.25, 0.3) is 0 Å². The van der Waals surface area contributed by atoms with Gasteiger partial charge >= 0.3 is 12.1 Å². The highest BCUT2D eigenvalue weighted by Gasteiger charge is 2.21. The van der Waals surface area contributed by atoms with E-state index in [9.17, 15) is 14.4 Å². The molecule has 132 valence electrons. The Bertz CT molecular complexity index is 592. The molecule has 0 aliphatic rings. The molecule has 1 aromatic rings. The van der Waals surface area contributed by atoms with E-state index in [1.165, 1.54) is 31.4 Å². The third-order valence-electron chi connectivity index (χ3n) is 2.75. The normalized spacial score (nSPS) is 12.2. The van der Waals surface area contributed by atoms with Crippen LogP contribution in [0.3, 0.4) is 0 Å². The molecular formula is C16H22N2O6. The lowest BCUT2D eigenvalue weighted by atomic mass is 10.2. The predicted octanol–water partition coefficient (Wildman–Crippen LogP) is 2.21. The van der Waals surface area contributed by atoms with Crippen molar-refractivity contribution in [2.24, 2.45) is 0 Å². The number of benzene rings is 1. The lowest BCUT2D eigenvalue weighted by Crippen LogP contribution is -2.41. The Morgan fingerprint density at radius 3 is 2.21 bits per heavy atom. The summed E-state index contributed by atoms with van der Waals surface area (Å²) < 4.78 is 10.1. The van der Waals surface area contributed by atoms with Crippen LogP contribution in [0.1, 0.15) is 37.6 Å². The zero-order valence-electron chi connectivity index (χ0n) is 14.1. The summed E-state index contributed by atoms with van der Waals surface area (Å²) in [6.07, 6.45) is -1.66. The summed E-state index contributed by atoms with van der Waals surface area (Å²) in [5, 5.41) is 13.8. The number of carboxylic acid groups (broad SMARTS) is 1. The first-order chi connectivity index (χ1) is 11.1. The highest BCUT2D eigenvalue weighted by Crippen LogP contribution is 2.11. The van der Waals surface area contributed by atoms with Gasteiger partial charge in [0.2, 0.25) is 5.91 Å². The van der Waals surface area contributed by atoms with Crippen molar-refractivity contribution in [2.45, 2.75) is 39.0 Å². The summed E-state index contributed by atoms with van der Waals surface area (Å²) in [5.41, 5.74) is -0.0947. The molecule has 0 heterocycles. The monoisotopic (exact) mass is 338 g/mol. The molecule has 8 heteroatoms. The molecule has 8 nitrogen and oxygen atoms in total. The molecule has 0 aliphatic heterocycles. The van der Waals surface area contributed by atoms with Crippen LogP contribution in [0.25, 0.3) is 0 Å². The van der Waals surface area contributed by atoms with Crippen LogP contribution in [-0.2, 0) is 14.3 Å². The van der Waals surface area contributed by atoms with Crippen LogP contribution < -0.4 is 10.6 Å². The van der Waals surface area contributed by atoms with E-state index in [1.807, 2.05) is 0 Å². The number of nitrogens with one attached hydrogen (secondary N) is 2. The minimum Gasteiger partial charge on any atom is -0.478 e. The van der Waals surface area contributed by atoms with Gasteiger partial charge in [-0.05, 0) is 45.0 Å². The first-order valence-electron chi connectivity index (χ1n) is 7.26. The molecule has 0 aromatic heterocycles. The standard InChI is InChI=1S/C16H22N2O6/c1-16(2,3)24-15(22)18-13(23-4)9-12(19)17-11-7-5-10(6-8-11)14(20)21/h5-8,13H,9H2,1-4H3,(H,17,19)(H,18,22)(H,20,21)/t13-/m0/s1. The number of alkyl carbamates (subject to hydrolysis) is 1. The molecule has 0 bridgehead atoms. The van der Waals surface area contributed by atoms with Gasteiger partial charge in [-0.3, -0.25) is 10.1 Å². The second kappa shape index (κ2) is 8.30. The van der Waals surface area contributed by atoms with Crippen LogP contribution in [0.15, 0.2) is 24.3 Å². The van der Waals surface area contributed by atoms with E-state index >= 15 is 0 Å². The number of rotatable bonds is 6. The van der Waals surface area contributed by atoms with Crippen molar-refractivity contribution < 1.29 is 29.0 Å². The predicted molar refractivity (Wildman–Crippen MR) is 86.8 cm³/mol. The molecule has 0 fully saturated rings. The van der Waals surface area contributed by atoms with Gasteiger partial charge in [-0.1, -0.05) is 0 Å². The Kier molecular flexibility index (Phi) is 6.72. The van der Waals surface area contributed by atoms with Crippen LogP contribution in [0, 0.1) is 0 Å². The summed E-state index contributed by atoms with van der Waals surface area (Å²) in [7, 11) is 1.36. The summed E-state index contributed by atoms with van der Waals surface area (Å²) in [6, 6.07) is 5.71. The van der Waals surface area contributed by atoms with E-state index in [4.69, 9.17) is 14.6 Å². The number of hydrogen-bond acceptors (Lipinski definition) is 5.